The highest BCUT2D eigenvalue weighted by Crippen LogP contribution is 2.39. The Hall–Kier alpha value is -2.60. The van der Waals surface area contributed by atoms with Crippen molar-refractivity contribution in [3.63, 3.8) is 0 Å². The van der Waals surface area contributed by atoms with Crippen molar-refractivity contribution in [3.05, 3.63) is 71.4 Å². The van der Waals surface area contributed by atoms with E-state index in [9.17, 15) is 4.79 Å². The van der Waals surface area contributed by atoms with Gasteiger partial charge in [-0.25, -0.2) is 14.8 Å². The van der Waals surface area contributed by atoms with Crippen LogP contribution >= 0.6 is 11.6 Å². The van der Waals surface area contributed by atoms with E-state index in [1.54, 1.807) is 18.7 Å². The van der Waals surface area contributed by atoms with Crippen molar-refractivity contribution in [2.75, 3.05) is 6.61 Å². The number of hydrogen-bond donors (Lipinski definition) is 0. The van der Waals surface area contributed by atoms with Gasteiger partial charge >= 0.3 is 5.97 Å². The number of ether oxygens (including phenoxy) is 1. The number of aryl methyl sites for hydroxylation is 1. The predicted octanol–water partition coefficient (Wildman–Crippen LogP) is 4.91. The van der Waals surface area contributed by atoms with E-state index in [1.165, 1.54) is 0 Å². The monoisotopic (exact) mass is 401 g/mol. The van der Waals surface area contributed by atoms with E-state index in [-0.39, 0.29) is 17.8 Å². The van der Waals surface area contributed by atoms with E-state index < -0.39 is 6.04 Å². The number of aromatic nitrogens is 3. The lowest BCUT2D eigenvalue weighted by atomic mass is 9.82. The van der Waals surface area contributed by atoms with Crippen LogP contribution in [-0.4, -0.2) is 27.1 Å². The molecule has 3 atom stereocenters. The topological polar surface area (TPSA) is 70.2 Å². The number of esters is 1. The molecule has 0 spiro atoms. The average molecular weight is 402 g/mol. The first-order chi connectivity index (χ1) is 13.5. The van der Waals surface area contributed by atoms with Crippen LogP contribution in [0.4, 0.5) is 0 Å². The summed E-state index contributed by atoms with van der Waals surface area (Å²) in [7, 11) is 0. The van der Waals surface area contributed by atoms with E-state index in [1.807, 2.05) is 55.8 Å². The number of nitrogens with zero attached hydrogens (tertiary/aromatic N) is 3. The molecule has 1 aromatic carbocycles. The summed E-state index contributed by atoms with van der Waals surface area (Å²) in [6.07, 6.45) is 7.21. The van der Waals surface area contributed by atoms with Crippen LogP contribution in [0.1, 0.15) is 55.4 Å². The maximum Gasteiger partial charge on any atom is 0.329 e. The number of hydrogen-bond acceptors (Lipinski definition) is 5. The molecule has 0 bridgehead atoms. The van der Waals surface area contributed by atoms with Crippen molar-refractivity contribution in [3.8, 4) is 0 Å². The van der Waals surface area contributed by atoms with Crippen molar-refractivity contribution in [2.24, 2.45) is 0 Å². The minimum Gasteiger partial charge on any atom is -0.464 e. The van der Waals surface area contributed by atoms with Crippen molar-refractivity contribution >= 4 is 17.6 Å². The number of benzene rings is 1. The predicted molar refractivity (Wildman–Crippen MR) is 106 cm³/mol. The molecule has 0 amide bonds. The molecule has 2 heterocycles. The van der Waals surface area contributed by atoms with Crippen molar-refractivity contribution < 1.29 is 13.9 Å². The molecule has 3 aromatic rings. The largest absolute Gasteiger partial charge is 0.464 e. The minimum atomic E-state index is -0.499. The van der Waals surface area contributed by atoms with Gasteiger partial charge in [-0.3, -0.25) is 0 Å². The highest BCUT2D eigenvalue weighted by Gasteiger charge is 2.32. The van der Waals surface area contributed by atoms with Crippen LogP contribution < -0.4 is 0 Å². The van der Waals surface area contributed by atoms with Crippen LogP contribution in [0.5, 0.6) is 0 Å². The zero-order valence-electron chi connectivity index (χ0n) is 16.2. The normalized spacial score (nSPS) is 14.4. The highest BCUT2D eigenvalue weighted by atomic mass is 35.5. The number of rotatable bonds is 8. The second kappa shape index (κ2) is 9.06. The Balaban J connectivity index is 1.98. The van der Waals surface area contributed by atoms with Gasteiger partial charge in [0.2, 0.25) is 0 Å². The van der Waals surface area contributed by atoms with Gasteiger partial charge in [-0.1, -0.05) is 30.7 Å². The van der Waals surface area contributed by atoms with Crippen LogP contribution in [0.2, 0.25) is 5.02 Å². The Bertz CT molecular complexity index is 890. The molecule has 0 saturated heterocycles. The van der Waals surface area contributed by atoms with E-state index in [2.05, 4.69) is 9.97 Å². The maximum absolute atomic E-state index is 12.8. The highest BCUT2D eigenvalue weighted by molar-refractivity contribution is 6.30. The number of carbonyl (C=O) groups excluding carboxylic acids is 1. The molecular formula is C21H24ClN3O3. The Morgan fingerprint density at radius 2 is 2.00 bits per heavy atom. The van der Waals surface area contributed by atoms with Crippen molar-refractivity contribution in [1.82, 2.24) is 14.5 Å². The van der Waals surface area contributed by atoms with Gasteiger partial charge in [-0.2, -0.15) is 0 Å². The zero-order chi connectivity index (χ0) is 20.1. The van der Waals surface area contributed by atoms with Crippen molar-refractivity contribution in [2.45, 2.75) is 45.1 Å². The molecule has 0 fully saturated rings. The molecule has 148 valence electrons. The first-order valence-corrected chi connectivity index (χ1v) is 9.70. The summed E-state index contributed by atoms with van der Waals surface area (Å²) in [4.78, 5) is 21.4. The number of imidazole rings is 1. The van der Waals surface area contributed by atoms with Crippen LogP contribution in [0.3, 0.4) is 0 Å². The molecule has 0 aliphatic carbocycles. The summed E-state index contributed by atoms with van der Waals surface area (Å²) in [5.74, 6) is 1.04. The van der Waals surface area contributed by atoms with Gasteiger partial charge in [0.25, 0.3) is 0 Å². The molecule has 0 aliphatic rings. The van der Waals surface area contributed by atoms with Crippen LogP contribution in [-0.2, 0) is 9.53 Å². The third kappa shape index (κ3) is 4.44. The molecule has 6 nitrogen and oxygen atoms in total. The molecule has 0 N–H and O–H groups in total. The minimum absolute atomic E-state index is 0.0351. The van der Waals surface area contributed by atoms with Gasteiger partial charge in [-0.05, 0) is 43.9 Å². The SMILES string of the molecule is CCOC(=O)C(CC(c1ccc(Cl)cc1)C(C)c1ncco1)n1ccnc1C. The van der Waals surface area contributed by atoms with E-state index in [4.69, 9.17) is 20.8 Å². The van der Waals surface area contributed by atoms with Gasteiger partial charge in [0, 0.05) is 23.3 Å². The lowest BCUT2D eigenvalue weighted by Gasteiger charge is -2.27. The van der Waals surface area contributed by atoms with E-state index in [0.717, 1.165) is 11.4 Å². The molecule has 0 saturated carbocycles. The summed E-state index contributed by atoms with van der Waals surface area (Å²) >= 11 is 6.08. The first-order valence-electron chi connectivity index (χ1n) is 9.32. The van der Waals surface area contributed by atoms with Crippen LogP contribution in [0.25, 0.3) is 0 Å². The summed E-state index contributed by atoms with van der Waals surface area (Å²) < 4.78 is 12.8. The first kappa shape index (κ1) is 20.1. The molecule has 0 aliphatic heterocycles. The number of oxazole rings is 1. The lowest BCUT2D eigenvalue weighted by molar-refractivity contribution is -0.147. The molecule has 2 aromatic heterocycles. The Morgan fingerprint density at radius 3 is 2.57 bits per heavy atom. The fraction of sp³-hybridized carbons (Fsp3) is 0.381. The Morgan fingerprint density at radius 1 is 1.25 bits per heavy atom. The smallest absolute Gasteiger partial charge is 0.329 e. The number of halogens is 1. The molecular weight excluding hydrogens is 378 g/mol. The van der Waals surface area contributed by atoms with E-state index in [0.29, 0.717) is 23.9 Å². The zero-order valence-corrected chi connectivity index (χ0v) is 17.0. The fourth-order valence-corrected chi connectivity index (χ4v) is 3.62. The Kier molecular flexibility index (Phi) is 6.52. The summed E-state index contributed by atoms with van der Waals surface area (Å²) in [6.45, 7) is 6.06. The van der Waals surface area contributed by atoms with Gasteiger partial charge < -0.3 is 13.7 Å². The van der Waals surface area contributed by atoms with Gasteiger partial charge in [0.15, 0.2) is 5.89 Å². The summed E-state index contributed by atoms with van der Waals surface area (Å²) in [5, 5.41) is 0.665. The fourth-order valence-electron chi connectivity index (χ4n) is 3.49. The third-order valence-corrected chi connectivity index (χ3v) is 5.23. The quantitative estimate of drug-likeness (QED) is 0.501. The summed E-state index contributed by atoms with van der Waals surface area (Å²) in [5.41, 5.74) is 1.06. The Labute approximate surface area is 169 Å². The second-order valence-electron chi connectivity index (χ2n) is 6.70. The maximum atomic E-state index is 12.8. The molecule has 3 rings (SSSR count). The van der Waals surface area contributed by atoms with Crippen LogP contribution in [0.15, 0.2) is 53.5 Å². The molecule has 28 heavy (non-hydrogen) atoms. The summed E-state index contributed by atoms with van der Waals surface area (Å²) in [6, 6.07) is 7.17. The van der Waals surface area contributed by atoms with Crippen molar-refractivity contribution in [1.29, 1.82) is 0 Å². The average Bonchev–Trinajstić information content (AvgIpc) is 3.35. The lowest BCUT2D eigenvalue weighted by Crippen LogP contribution is -2.26. The number of carbonyl (C=O) groups is 1. The van der Waals surface area contributed by atoms with Gasteiger partial charge in [0.1, 0.15) is 18.1 Å². The molecule has 3 unspecified atom stereocenters. The molecule has 7 heteroatoms. The van der Waals surface area contributed by atoms with Gasteiger partial charge in [0.05, 0.1) is 12.8 Å². The molecule has 0 radical (unpaired) electrons. The second-order valence-corrected chi connectivity index (χ2v) is 7.14. The van der Waals surface area contributed by atoms with Crippen LogP contribution in [0, 0.1) is 6.92 Å². The third-order valence-electron chi connectivity index (χ3n) is 4.98. The standard InChI is InChI=1S/C21H24ClN3O3/c1-4-27-21(26)19(25-11-9-23-15(25)3)13-18(14(2)20-24-10-12-28-20)16-5-7-17(22)8-6-16/h5-12,14,18-19H,4,13H2,1-3H3. The van der Waals surface area contributed by atoms with Gasteiger partial charge in [-0.15, -0.1) is 0 Å². The van der Waals surface area contributed by atoms with E-state index >= 15 is 0 Å².